The number of carbonyl (C=O) groups is 1. The summed E-state index contributed by atoms with van der Waals surface area (Å²) < 4.78 is 12.2. The van der Waals surface area contributed by atoms with E-state index in [1.807, 2.05) is 53.9 Å². The number of carbonyl (C=O) groups excluding carboxylic acids is 1. The molecule has 0 fully saturated rings. The summed E-state index contributed by atoms with van der Waals surface area (Å²) in [4.78, 5) is 27.7. The SMILES string of the molecule is COc1cc(/C=N\NC(=O)c2ccc(-c3csc(Nc4ccccc4)n3)cc2)cc(I)c1OCc1ccc([N+](=O)[O-])cc1. The molecule has 1 amide bonds. The first kappa shape index (κ1) is 29.7. The summed E-state index contributed by atoms with van der Waals surface area (Å²) in [5, 5.41) is 21.0. The number of ether oxygens (including phenoxy) is 2. The monoisotopic (exact) mass is 705 g/mol. The van der Waals surface area contributed by atoms with Crippen molar-refractivity contribution in [3.63, 3.8) is 0 Å². The van der Waals surface area contributed by atoms with Crippen molar-refractivity contribution in [3.05, 3.63) is 127 Å². The number of benzene rings is 4. The van der Waals surface area contributed by atoms with E-state index in [2.05, 4.69) is 43.4 Å². The lowest BCUT2D eigenvalue weighted by atomic mass is 10.1. The maximum atomic E-state index is 12.7. The van der Waals surface area contributed by atoms with Crippen molar-refractivity contribution in [3.8, 4) is 22.8 Å². The quantitative estimate of drug-likeness (QED) is 0.0634. The number of non-ortho nitro benzene ring substituents is 1. The number of halogens is 1. The van der Waals surface area contributed by atoms with Gasteiger partial charge in [0.15, 0.2) is 16.6 Å². The van der Waals surface area contributed by atoms with Gasteiger partial charge in [0.25, 0.3) is 11.6 Å². The Bertz CT molecular complexity index is 1760. The molecule has 0 aliphatic rings. The van der Waals surface area contributed by atoms with E-state index in [0.29, 0.717) is 22.6 Å². The van der Waals surface area contributed by atoms with Crippen LogP contribution in [-0.2, 0) is 6.61 Å². The van der Waals surface area contributed by atoms with Crippen LogP contribution in [-0.4, -0.2) is 29.1 Å². The van der Waals surface area contributed by atoms with Crippen LogP contribution in [0.5, 0.6) is 11.5 Å². The lowest BCUT2D eigenvalue weighted by Gasteiger charge is -2.13. The topological polar surface area (TPSA) is 128 Å². The highest BCUT2D eigenvalue weighted by Crippen LogP contribution is 2.34. The van der Waals surface area contributed by atoms with E-state index in [1.165, 1.54) is 36.8 Å². The third-order valence-electron chi connectivity index (χ3n) is 6.13. The molecule has 0 aliphatic heterocycles. The minimum atomic E-state index is -0.445. The Morgan fingerprint density at radius 3 is 2.51 bits per heavy atom. The van der Waals surface area contributed by atoms with Crippen LogP contribution in [0.2, 0.25) is 0 Å². The number of hydrogen-bond donors (Lipinski definition) is 2. The second kappa shape index (κ2) is 13.9. The van der Waals surface area contributed by atoms with E-state index < -0.39 is 4.92 Å². The van der Waals surface area contributed by atoms with Gasteiger partial charge in [-0.3, -0.25) is 14.9 Å². The van der Waals surface area contributed by atoms with Gasteiger partial charge in [0, 0.05) is 34.3 Å². The fraction of sp³-hybridized carbons (Fsp3) is 0.0645. The molecule has 12 heteroatoms. The van der Waals surface area contributed by atoms with Gasteiger partial charge in [0.2, 0.25) is 0 Å². The zero-order valence-corrected chi connectivity index (χ0v) is 25.7. The number of nitrogens with zero attached hydrogens (tertiary/aromatic N) is 3. The van der Waals surface area contributed by atoms with E-state index in [0.717, 1.165) is 31.2 Å². The summed E-state index contributed by atoms with van der Waals surface area (Å²) in [6, 6.07) is 26.7. The minimum absolute atomic E-state index is 0.0188. The van der Waals surface area contributed by atoms with Crippen LogP contribution < -0.4 is 20.2 Å². The van der Waals surface area contributed by atoms with Crippen molar-refractivity contribution in [2.45, 2.75) is 6.61 Å². The molecular weight excluding hydrogens is 681 g/mol. The molecule has 0 radical (unpaired) electrons. The van der Waals surface area contributed by atoms with Crippen LogP contribution in [0.25, 0.3) is 11.3 Å². The molecule has 5 aromatic rings. The first-order chi connectivity index (χ1) is 20.9. The smallest absolute Gasteiger partial charge is 0.271 e. The maximum absolute atomic E-state index is 12.7. The highest BCUT2D eigenvalue weighted by atomic mass is 127. The molecule has 0 spiro atoms. The molecule has 4 aromatic carbocycles. The standard InChI is InChI=1S/C31H24IN5O5S/c1-41-28-16-21(15-26(32)29(28)42-18-20-7-13-25(14-8-20)37(39)40)17-33-36-30(38)23-11-9-22(10-12-23)27-19-43-31(35-27)34-24-5-3-2-4-6-24/h2-17,19H,18H2,1H3,(H,34,35)(H,36,38)/b33-17-. The summed E-state index contributed by atoms with van der Waals surface area (Å²) in [6.07, 6.45) is 1.52. The van der Waals surface area contributed by atoms with Gasteiger partial charge in [0.1, 0.15) is 6.61 Å². The zero-order chi connectivity index (χ0) is 30.2. The van der Waals surface area contributed by atoms with Gasteiger partial charge < -0.3 is 14.8 Å². The van der Waals surface area contributed by atoms with Crippen molar-refractivity contribution < 1.29 is 19.2 Å². The Morgan fingerprint density at radius 1 is 1.07 bits per heavy atom. The number of thiazole rings is 1. The molecule has 0 saturated carbocycles. The van der Waals surface area contributed by atoms with Crippen molar-refractivity contribution >= 4 is 62.6 Å². The molecule has 2 N–H and O–H groups in total. The fourth-order valence-electron chi connectivity index (χ4n) is 3.95. The number of aromatic nitrogens is 1. The molecule has 0 bridgehead atoms. The number of para-hydroxylation sites is 1. The Kier molecular flexibility index (Phi) is 9.59. The molecule has 216 valence electrons. The molecule has 0 unspecified atom stereocenters. The lowest BCUT2D eigenvalue weighted by molar-refractivity contribution is -0.384. The minimum Gasteiger partial charge on any atom is -0.493 e. The number of amides is 1. The maximum Gasteiger partial charge on any atom is 0.271 e. The van der Waals surface area contributed by atoms with Crippen LogP contribution in [0.3, 0.4) is 0 Å². The Labute approximate surface area is 264 Å². The summed E-state index contributed by atoms with van der Waals surface area (Å²) in [5.74, 6) is 0.671. The number of hydrogen-bond acceptors (Lipinski definition) is 9. The van der Waals surface area contributed by atoms with Gasteiger partial charge in [-0.25, -0.2) is 10.4 Å². The van der Waals surface area contributed by atoms with Gasteiger partial charge in [-0.05, 0) is 82.2 Å². The first-order valence-electron chi connectivity index (χ1n) is 12.8. The molecular formula is C31H24IN5O5S. The van der Waals surface area contributed by atoms with Gasteiger partial charge in [0.05, 0.1) is 27.5 Å². The number of nitrogens with one attached hydrogen (secondary N) is 2. The number of hydrazone groups is 1. The second-order valence-corrected chi connectivity index (χ2v) is 11.1. The number of anilines is 2. The van der Waals surface area contributed by atoms with Crippen LogP contribution in [0, 0.1) is 13.7 Å². The molecule has 0 saturated heterocycles. The molecule has 0 aliphatic carbocycles. The number of rotatable bonds is 11. The number of nitro groups is 1. The molecule has 43 heavy (non-hydrogen) atoms. The first-order valence-corrected chi connectivity index (χ1v) is 14.8. The van der Waals surface area contributed by atoms with Crippen molar-refractivity contribution in [1.82, 2.24) is 10.4 Å². The van der Waals surface area contributed by atoms with Crippen LogP contribution in [0.15, 0.2) is 101 Å². The molecule has 1 aromatic heterocycles. The zero-order valence-electron chi connectivity index (χ0n) is 22.7. The third kappa shape index (κ3) is 7.72. The Hall–Kier alpha value is -4.82. The highest BCUT2D eigenvalue weighted by molar-refractivity contribution is 14.1. The number of nitro benzene ring substituents is 1. The summed E-state index contributed by atoms with van der Waals surface area (Å²) in [6.45, 7) is 0.209. The van der Waals surface area contributed by atoms with E-state index in [-0.39, 0.29) is 18.2 Å². The van der Waals surface area contributed by atoms with Gasteiger partial charge in [-0.2, -0.15) is 5.10 Å². The average molecular weight is 706 g/mol. The van der Waals surface area contributed by atoms with Gasteiger partial charge in [-0.15, -0.1) is 11.3 Å². The van der Waals surface area contributed by atoms with Crippen molar-refractivity contribution in [2.24, 2.45) is 5.10 Å². The average Bonchev–Trinajstić information content (AvgIpc) is 3.49. The predicted octanol–water partition coefficient (Wildman–Crippen LogP) is 7.42. The summed E-state index contributed by atoms with van der Waals surface area (Å²) >= 11 is 3.64. The molecule has 5 rings (SSSR count). The van der Waals surface area contributed by atoms with E-state index in [1.54, 1.807) is 30.3 Å². The van der Waals surface area contributed by atoms with Crippen molar-refractivity contribution in [1.29, 1.82) is 0 Å². The van der Waals surface area contributed by atoms with Gasteiger partial charge >= 0.3 is 0 Å². The van der Waals surface area contributed by atoms with Crippen molar-refractivity contribution in [2.75, 3.05) is 12.4 Å². The van der Waals surface area contributed by atoms with Crippen LogP contribution in [0.1, 0.15) is 21.5 Å². The third-order valence-corrected chi connectivity index (χ3v) is 7.69. The molecule has 10 nitrogen and oxygen atoms in total. The van der Waals surface area contributed by atoms with Gasteiger partial charge in [-0.1, -0.05) is 30.3 Å². The Morgan fingerprint density at radius 2 is 1.81 bits per heavy atom. The predicted molar refractivity (Wildman–Crippen MR) is 175 cm³/mol. The second-order valence-electron chi connectivity index (χ2n) is 9.05. The van der Waals surface area contributed by atoms with Crippen LogP contribution in [0.4, 0.5) is 16.5 Å². The molecule has 0 atom stereocenters. The van der Waals surface area contributed by atoms with E-state index in [9.17, 15) is 14.9 Å². The fourth-order valence-corrected chi connectivity index (χ4v) is 5.48. The van der Waals surface area contributed by atoms with Crippen LogP contribution >= 0.6 is 33.9 Å². The normalized spacial score (nSPS) is 10.8. The van der Waals surface area contributed by atoms with E-state index in [4.69, 9.17) is 9.47 Å². The lowest BCUT2D eigenvalue weighted by Crippen LogP contribution is -2.17. The number of methoxy groups -OCH3 is 1. The summed E-state index contributed by atoms with van der Waals surface area (Å²) in [7, 11) is 1.53. The Balaban J connectivity index is 1.18. The highest BCUT2D eigenvalue weighted by Gasteiger charge is 2.13. The van der Waals surface area contributed by atoms with E-state index >= 15 is 0 Å². The largest absolute Gasteiger partial charge is 0.493 e. The summed E-state index contributed by atoms with van der Waals surface area (Å²) in [5.41, 5.74) is 7.19. The molecule has 1 heterocycles.